The van der Waals surface area contributed by atoms with Crippen LogP contribution in [0.15, 0.2) is 72.8 Å². The third-order valence-corrected chi connectivity index (χ3v) is 7.19. The van der Waals surface area contributed by atoms with E-state index in [4.69, 9.17) is 9.72 Å². The number of carbonyl (C=O) groups excluding carboxylic acids is 1. The van der Waals surface area contributed by atoms with Gasteiger partial charge in [0.25, 0.3) is 0 Å². The maximum atomic E-state index is 13.0. The fourth-order valence-corrected chi connectivity index (χ4v) is 5.08. The average molecular weight is 483 g/mol. The summed E-state index contributed by atoms with van der Waals surface area (Å²) in [4.78, 5) is 20.4. The number of likely N-dealkylation sites (tertiary alicyclic amines) is 1. The van der Waals surface area contributed by atoms with Gasteiger partial charge in [-0.1, -0.05) is 48.5 Å². The number of amides is 1. The number of carbonyl (C=O) groups is 1. The number of nitrogens with one attached hydrogen (secondary N) is 1. The molecule has 5 rings (SSSR count). The Morgan fingerprint density at radius 2 is 1.81 bits per heavy atom. The van der Waals surface area contributed by atoms with Crippen LogP contribution in [-0.2, 0) is 24.4 Å². The molecule has 1 aromatic heterocycles. The normalized spacial score (nSPS) is 16.2. The Morgan fingerprint density at radius 1 is 1.03 bits per heavy atom. The second kappa shape index (κ2) is 11.0. The molecule has 1 aliphatic rings. The molecule has 6 nitrogen and oxygen atoms in total. The van der Waals surface area contributed by atoms with Gasteiger partial charge in [-0.15, -0.1) is 0 Å². The number of rotatable bonds is 8. The Balaban J connectivity index is 1.29. The summed E-state index contributed by atoms with van der Waals surface area (Å²) in [5.74, 6) is 2.04. The highest BCUT2D eigenvalue weighted by atomic mass is 16.5. The summed E-state index contributed by atoms with van der Waals surface area (Å²) >= 11 is 0. The van der Waals surface area contributed by atoms with E-state index in [0.717, 1.165) is 61.6 Å². The fraction of sp³-hybridized carbons (Fsp3) is 0.333. The number of nitrogens with zero attached hydrogens (tertiary/aromatic N) is 3. The Hall–Kier alpha value is -3.64. The molecule has 186 valence electrons. The molecule has 1 saturated heterocycles. The monoisotopic (exact) mass is 482 g/mol. The Labute approximate surface area is 212 Å². The van der Waals surface area contributed by atoms with E-state index >= 15 is 0 Å². The van der Waals surface area contributed by atoms with Gasteiger partial charge in [-0.25, -0.2) is 4.98 Å². The van der Waals surface area contributed by atoms with E-state index in [2.05, 4.69) is 64.2 Å². The van der Waals surface area contributed by atoms with E-state index in [9.17, 15) is 4.79 Å². The van der Waals surface area contributed by atoms with Crippen molar-refractivity contribution < 1.29 is 9.53 Å². The van der Waals surface area contributed by atoms with Crippen molar-refractivity contribution in [2.75, 3.05) is 20.2 Å². The van der Waals surface area contributed by atoms with Gasteiger partial charge in [0.05, 0.1) is 30.6 Å². The molecule has 6 heteroatoms. The van der Waals surface area contributed by atoms with Crippen molar-refractivity contribution in [3.8, 4) is 5.75 Å². The minimum atomic E-state index is 0.00202. The first kappa shape index (κ1) is 24.1. The van der Waals surface area contributed by atoms with Crippen LogP contribution in [0.3, 0.4) is 0 Å². The van der Waals surface area contributed by atoms with Crippen LogP contribution in [0.25, 0.3) is 11.0 Å². The zero-order valence-corrected chi connectivity index (χ0v) is 21.1. The number of fused-ring (bicyclic) bond motifs is 1. The van der Waals surface area contributed by atoms with Crippen LogP contribution in [0.1, 0.15) is 35.4 Å². The third-order valence-electron chi connectivity index (χ3n) is 7.19. The zero-order chi connectivity index (χ0) is 24.9. The lowest BCUT2D eigenvalue weighted by atomic mass is 9.97. The molecule has 1 aliphatic heterocycles. The van der Waals surface area contributed by atoms with E-state index < -0.39 is 0 Å². The molecule has 0 spiro atoms. The number of aryl methyl sites for hydroxylation is 1. The molecule has 1 N–H and O–H groups in total. The van der Waals surface area contributed by atoms with Crippen LogP contribution in [0.2, 0.25) is 0 Å². The first-order chi connectivity index (χ1) is 17.6. The second-order valence-electron chi connectivity index (χ2n) is 9.67. The number of piperidine rings is 1. The predicted octanol–water partition coefficient (Wildman–Crippen LogP) is 4.93. The Bertz CT molecular complexity index is 1330. The van der Waals surface area contributed by atoms with Crippen LogP contribution in [0.5, 0.6) is 5.75 Å². The van der Waals surface area contributed by atoms with Crippen molar-refractivity contribution >= 4 is 16.9 Å². The second-order valence-corrected chi connectivity index (χ2v) is 9.67. The molecule has 0 bridgehead atoms. The van der Waals surface area contributed by atoms with Crippen molar-refractivity contribution in [3.05, 3.63) is 95.3 Å². The van der Waals surface area contributed by atoms with E-state index in [1.54, 1.807) is 7.11 Å². The number of benzene rings is 3. The number of hydrogen-bond acceptors (Lipinski definition) is 4. The summed E-state index contributed by atoms with van der Waals surface area (Å²) in [6, 6.07) is 24.7. The highest BCUT2D eigenvalue weighted by molar-refractivity contribution is 5.79. The van der Waals surface area contributed by atoms with Gasteiger partial charge in [-0.05, 0) is 67.3 Å². The van der Waals surface area contributed by atoms with Crippen molar-refractivity contribution in [1.29, 1.82) is 0 Å². The number of ether oxygens (including phenoxy) is 1. The topological polar surface area (TPSA) is 59.4 Å². The summed E-state index contributed by atoms with van der Waals surface area (Å²) in [6.07, 6.45) is 1.94. The maximum Gasteiger partial charge on any atom is 0.224 e. The third kappa shape index (κ3) is 5.44. The first-order valence-corrected chi connectivity index (χ1v) is 12.7. The lowest BCUT2D eigenvalue weighted by Crippen LogP contribution is -2.42. The molecule has 2 heterocycles. The maximum absolute atomic E-state index is 13.0. The molecular formula is C30H34N4O2. The molecule has 3 aromatic carbocycles. The molecule has 1 amide bonds. The van der Waals surface area contributed by atoms with Crippen molar-refractivity contribution in [3.63, 3.8) is 0 Å². The van der Waals surface area contributed by atoms with Crippen molar-refractivity contribution in [2.45, 2.75) is 39.4 Å². The smallest absolute Gasteiger partial charge is 0.224 e. The molecule has 0 radical (unpaired) electrons. The minimum Gasteiger partial charge on any atom is -0.497 e. The van der Waals surface area contributed by atoms with Crippen LogP contribution < -0.4 is 10.1 Å². The molecule has 36 heavy (non-hydrogen) atoms. The molecular weight excluding hydrogens is 448 g/mol. The van der Waals surface area contributed by atoms with E-state index in [-0.39, 0.29) is 11.8 Å². The summed E-state index contributed by atoms with van der Waals surface area (Å²) in [6.45, 7) is 5.88. The lowest BCUT2D eigenvalue weighted by Gasteiger charge is -2.32. The fourth-order valence-electron chi connectivity index (χ4n) is 5.08. The van der Waals surface area contributed by atoms with Gasteiger partial charge in [0.15, 0.2) is 0 Å². The van der Waals surface area contributed by atoms with Crippen molar-refractivity contribution in [2.24, 2.45) is 5.92 Å². The Kier molecular flexibility index (Phi) is 7.33. The molecule has 4 aromatic rings. The quantitative estimate of drug-likeness (QED) is 0.387. The van der Waals surface area contributed by atoms with Gasteiger partial charge in [0, 0.05) is 19.6 Å². The van der Waals surface area contributed by atoms with Gasteiger partial charge in [-0.3, -0.25) is 9.69 Å². The summed E-state index contributed by atoms with van der Waals surface area (Å²) in [5, 5.41) is 3.17. The first-order valence-electron chi connectivity index (χ1n) is 12.7. The number of hydrogen-bond donors (Lipinski definition) is 1. The van der Waals surface area contributed by atoms with Crippen LogP contribution in [0, 0.1) is 12.8 Å². The van der Waals surface area contributed by atoms with Gasteiger partial charge in [0.2, 0.25) is 5.91 Å². The molecule has 0 aliphatic carbocycles. The number of methoxy groups -OCH3 is 1. The molecule has 1 atom stereocenters. The van der Waals surface area contributed by atoms with Gasteiger partial charge < -0.3 is 14.6 Å². The van der Waals surface area contributed by atoms with E-state index in [0.29, 0.717) is 6.54 Å². The van der Waals surface area contributed by atoms with Gasteiger partial charge in [-0.2, -0.15) is 0 Å². The number of imidazole rings is 1. The largest absolute Gasteiger partial charge is 0.497 e. The van der Waals surface area contributed by atoms with Crippen LogP contribution >= 0.6 is 0 Å². The standard InChI is InChI=1S/C30H34N4O2/c1-22-8-3-4-9-24(22)18-31-30(35)25-10-7-17-33(20-25)21-29-32-27-11-5-6-12-28(27)34(29)19-23-13-15-26(36-2)16-14-23/h3-6,8-9,11-16,25H,7,10,17-21H2,1-2H3,(H,31,35)/t25-/m0/s1. The zero-order valence-electron chi connectivity index (χ0n) is 21.1. The van der Waals surface area contributed by atoms with Gasteiger partial charge >= 0.3 is 0 Å². The number of para-hydroxylation sites is 2. The van der Waals surface area contributed by atoms with Crippen LogP contribution in [0.4, 0.5) is 0 Å². The SMILES string of the molecule is COc1ccc(Cn2c(CN3CCC[C@H](C(=O)NCc4ccccc4C)C3)nc3ccccc32)cc1. The summed E-state index contributed by atoms with van der Waals surface area (Å²) in [5.41, 5.74) is 5.72. The molecule has 0 unspecified atom stereocenters. The average Bonchev–Trinajstić information content (AvgIpc) is 3.25. The van der Waals surface area contributed by atoms with E-state index in [1.165, 1.54) is 16.7 Å². The van der Waals surface area contributed by atoms with Crippen LogP contribution in [-0.4, -0.2) is 40.6 Å². The summed E-state index contributed by atoms with van der Waals surface area (Å²) in [7, 11) is 1.69. The highest BCUT2D eigenvalue weighted by Crippen LogP contribution is 2.23. The van der Waals surface area contributed by atoms with Gasteiger partial charge in [0.1, 0.15) is 11.6 Å². The lowest BCUT2D eigenvalue weighted by molar-refractivity contribution is -0.127. The Morgan fingerprint density at radius 3 is 2.61 bits per heavy atom. The molecule has 0 saturated carbocycles. The van der Waals surface area contributed by atoms with Crippen molar-refractivity contribution in [1.82, 2.24) is 19.8 Å². The predicted molar refractivity (Wildman–Crippen MR) is 143 cm³/mol. The van der Waals surface area contributed by atoms with E-state index in [1.807, 2.05) is 30.3 Å². The number of aromatic nitrogens is 2. The highest BCUT2D eigenvalue weighted by Gasteiger charge is 2.27. The summed E-state index contributed by atoms with van der Waals surface area (Å²) < 4.78 is 7.62. The molecule has 1 fully saturated rings. The minimum absolute atomic E-state index is 0.00202.